The molecule has 0 aromatic carbocycles. The predicted molar refractivity (Wildman–Crippen MR) is 90.4 cm³/mol. The monoisotopic (exact) mass is 296 g/mol. The normalized spacial score (nSPS) is 47.0. The van der Waals surface area contributed by atoms with E-state index in [1.165, 1.54) is 31.3 Å². The van der Waals surface area contributed by atoms with E-state index in [9.17, 15) is 4.79 Å². The molecule has 0 aromatic heterocycles. The summed E-state index contributed by atoms with van der Waals surface area (Å²) in [6.07, 6.45) is 14.7. The highest BCUT2D eigenvalue weighted by atomic mass is 16.1. The van der Waals surface area contributed by atoms with Gasteiger partial charge in [-0.25, -0.2) is 0 Å². The molecule has 4 aliphatic carbocycles. The fourth-order valence-corrected chi connectivity index (χ4v) is 6.36. The van der Waals surface area contributed by atoms with Crippen LogP contribution in [-0.4, -0.2) is 5.78 Å². The van der Waals surface area contributed by atoms with Gasteiger partial charge < -0.3 is 0 Å². The van der Waals surface area contributed by atoms with Crippen LogP contribution in [0.25, 0.3) is 0 Å². The van der Waals surface area contributed by atoms with Gasteiger partial charge in [0.15, 0.2) is 0 Å². The average molecular weight is 296 g/mol. The molecule has 1 heteroatoms. The van der Waals surface area contributed by atoms with Crippen molar-refractivity contribution in [3.05, 3.63) is 36.0 Å². The Labute approximate surface area is 134 Å². The van der Waals surface area contributed by atoms with E-state index >= 15 is 0 Å². The molecule has 4 aliphatic rings. The summed E-state index contributed by atoms with van der Waals surface area (Å²) in [5.74, 6) is 2.68. The van der Waals surface area contributed by atoms with Crippen molar-refractivity contribution < 1.29 is 4.79 Å². The summed E-state index contributed by atoms with van der Waals surface area (Å²) in [4.78, 5) is 11.9. The molecule has 5 atom stereocenters. The van der Waals surface area contributed by atoms with Crippen molar-refractivity contribution in [2.75, 3.05) is 0 Å². The number of rotatable bonds is 1. The van der Waals surface area contributed by atoms with Gasteiger partial charge in [-0.2, -0.15) is 0 Å². The molecule has 0 amide bonds. The Morgan fingerprint density at radius 2 is 2.00 bits per heavy atom. The van der Waals surface area contributed by atoms with Crippen LogP contribution in [0.4, 0.5) is 0 Å². The van der Waals surface area contributed by atoms with Crippen LogP contribution < -0.4 is 0 Å². The number of carbonyl (C=O) groups is 1. The fraction of sp³-hybridized carbons (Fsp3) is 0.667. The van der Waals surface area contributed by atoms with Gasteiger partial charge in [0.1, 0.15) is 5.78 Å². The molecule has 1 unspecified atom stereocenters. The van der Waals surface area contributed by atoms with Gasteiger partial charge in [0.2, 0.25) is 0 Å². The summed E-state index contributed by atoms with van der Waals surface area (Å²) in [5.41, 5.74) is 3.74. The maximum atomic E-state index is 11.9. The second kappa shape index (κ2) is 4.69. The maximum Gasteiger partial charge on any atom is 0.133 e. The first-order chi connectivity index (χ1) is 10.5. The number of ketones is 1. The lowest BCUT2D eigenvalue weighted by Crippen LogP contribution is -2.50. The first kappa shape index (κ1) is 14.5. The smallest absolute Gasteiger partial charge is 0.133 e. The molecule has 1 nitrogen and oxygen atoms in total. The highest BCUT2D eigenvalue weighted by Crippen LogP contribution is 2.64. The van der Waals surface area contributed by atoms with Crippen LogP contribution in [-0.2, 0) is 4.79 Å². The van der Waals surface area contributed by atoms with Crippen molar-refractivity contribution in [1.82, 2.24) is 0 Å². The van der Waals surface area contributed by atoms with Crippen molar-refractivity contribution in [2.45, 2.75) is 58.8 Å². The van der Waals surface area contributed by atoms with E-state index in [-0.39, 0.29) is 5.41 Å². The van der Waals surface area contributed by atoms with Crippen molar-refractivity contribution in [1.29, 1.82) is 0 Å². The van der Waals surface area contributed by atoms with E-state index in [1.807, 2.05) is 0 Å². The average Bonchev–Trinajstić information content (AvgIpc) is 2.84. The Hall–Kier alpha value is -1.11. The summed E-state index contributed by atoms with van der Waals surface area (Å²) in [7, 11) is 0. The Morgan fingerprint density at radius 3 is 2.77 bits per heavy atom. The first-order valence-corrected chi connectivity index (χ1v) is 9.06. The summed E-state index contributed by atoms with van der Waals surface area (Å²) in [6.45, 7) is 8.96. The molecule has 0 radical (unpaired) electrons. The zero-order valence-electron chi connectivity index (χ0n) is 14.0. The molecular weight excluding hydrogens is 268 g/mol. The van der Waals surface area contributed by atoms with Crippen molar-refractivity contribution in [3.63, 3.8) is 0 Å². The lowest BCUT2D eigenvalue weighted by atomic mass is 9.46. The van der Waals surface area contributed by atoms with E-state index in [1.54, 1.807) is 5.57 Å². The molecule has 0 N–H and O–H groups in total. The molecule has 3 saturated carbocycles. The minimum absolute atomic E-state index is 0.247. The summed E-state index contributed by atoms with van der Waals surface area (Å²) < 4.78 is 0. The topological polar surface area (TPSA) is 17.1 Å². The van der Waals surface area contributed by atoms with E-state index in [4.69, 9.17) is 0 Å². The van der Waals surface area contributed by atoms with Gasteiger partial charge in [0.25, 0.3) is 0 Å². The highest BCUT2D eigenvalue weighted by molar-refractivity contribution is 5.79. The molecule has 0 spiro atoms. The summed E-state index contributed by atoms with van der Waals surface area (Å²) >= 11 is 0. The van der Waals surface area contributed by atoms with Crippen LogP contribution in [0.15, 0.2) is 36.0 Å². The Balaban J connectivity index is 1.67. The summed E-state index contributed by atoms with van der Waals surface area (Å²) in [6, 6.07) is 0. The third kappa shape index (κ3) is 1.74. The van der Waals surface area contributed by atoms with Crippen molar-refractivity contribution >= 4 is 5.78 Å². The van der Waals surface area contributed by atoms with Crippen LogP contribution >= 0.6 is 0 Å². The number of hydrogen-bond acceptors (Lipinski definition) is 1. The van der Waals surface area contributed by atoms with E-state index in [2.05, 4.69) is 38.7 Å². The predicted octanol–water partition coefficient (Wildman–Crippen LogP) is 5.24. The van der Waals surface area contributed by atoms with Crippen LogP contribution in [0.5, 0.6) is 0 Å². The number of carbonyl (C=O) groups excluding carboxylic acids is 1. The Kier molecular flexibility index (Phi) is 3.09. The van der Waals surface area contributed by atoms with Crippen LogP contribution in [0.1, 0.15) is 58.8 Å². The van der Waals surface area contributed by atoms with E-state index in [0.29, 0.717) is 17.1 Å². The molecular formula is C21H28O. The second-order valence-electron chi connectivity index (χ2n) is 8.55. The largest absolute Gasteiger partial charge is 0.300 e. The van der Waals surface area contributed by atoms with Crippen molar-refractivity contribution in [2.24, 2.45) is 28.6 Å². The first-order valence-electron chi connectivity index (χ1n) is 9.06. The Morgan fingerprint density at radius 1 is 1.18 bits per heavy atom. The molecule has 4 rings (SSSR count). The minimum Gasteiger partial charge on any atom is -0.300 e. The molecule has 22 heavy (non-hydrogen) atoms. The third-order valence-corrected chi connectivity index (χ3v) is 7.80. The SMILES string of the molecule is C=CC1=CC=C2[C@@H]3CCC4CC(=O)CC[C@]4(C)[C@H]3CC[C@]12C. The molecule has 0 bridgehead atoms. The Bertz CT molecular complexity index is 595. The molecule has 3 fully saturated rings. The minimum atomic E-state index is 0.247. The number of hydrogen-bond donors (Lipinski definition) is 0. The molecule has 0 aromatic rings. The van der Waals surface area contributed by atoms with Crippen LogP contribution in [0.2, 0.25) is 0 Å². The molecule has 118 valence electrons. The van der Waals surface area contributed by atoms with Gasteiger partial charge in [-0.05, 0) is 60.8 Å². The standard InChI is InChI=1S/C21H28O/c1-4-14-6-8-18-17-7-5-15-13-16(22)9-11-21(15,3)19(17)10-12-20(14,18)2/h4,6,8,15,17,19H,1,5,7,9-13H2,2-3H3/t15?,17-,19-,20+,21-/m0/s1. The highest BCUT2D eigenvalue weighted by Gasteiger charge is 2.56. The maximum absolute atomic E-state index is 11.9. The van der Waals surface area contributed by atoms with Crippen LogP contribution in [0, 0.1) is 28.6 Å². The van der Waals surface area contributed by atoms with Crippen molar-refractivity contribution in [3.8, 4) is 0 Å². The van der Waals surface area contributed by atoms with Gasteiger partial charge in [-0.15, -0.1) is 0 Å². The second-order valence-corrected chi connectivity index (χ2v) is 8.55. The van der Waals surface area contributed by atoms with Crippen LogP contribution in [0.3, 0.4) is 0 Å². The number of allylic oxidation sites excluding steroid dienone is 5. The zero-order valence-corrected chi connectivity index (χ0v) is 14.0. The van der Waals surface area contributed by atoms with Gasteiger partial charge in [0.05, 0.1) is 0 Å². The molecule has 0 heterocycles. The van der Waals surface area contributed by atoms with Gasteiger partial charge >= 0.3 is 0 Å². The fourth-order valence-electron chi connectivity index (χ4n) is 6.36. The summed E-state index contributed by atoms with van der Waals surface area (Å²) in [5, 5.41) is 0. The van der Waals surface area contributed by atoms with Gasteiger partial charge in [-0.1, -0.05) is 44.2 Å². The molecule has 0 saturated heterocycles. The lowest BCUT2D eigenvalue weighted by molar-refractivity contribution is -0.130. The number of Topliss-reactive ketones (excluding diaryl/α,β-unsaturated/α-hetero) is 1. The molecule has 0 aliphatic heterocycles. The van der Waals surface area contributed by atoms with E-state index < -0.39 is 0 Å². The van der Waals surface area contributed by atoms with E-state index in [0.717, 1.165) is 31.1 Å². The van der Waals surface area contributed by atoms with Gasteiger partial charge in [-0.3, -0.25) is 4.79 Å². The zero-order chi connectivity index (χ0) is 15.5. The number of fused-ring (bicyclic) bond motifs is 5. The quantitative estimate of drug-likeness (QED) is 0.646. The lowest BCUT2D eigenvalue weighted by Gasteiger charge is -2.58. The third-order valence-electron chi connectivity index (χ3n) is 7.80. The van der Waals surface area contributed by atoms with Gasteiger partial charge in [0, 0.05) is 18.3 Å².